The molecule has 0 fully saturated rings. The molecule has 1 amide bonds. The van der Waals surface area contributed by atoms with Crippen molar-refractivity contribution in [2.45, 2.75) is 6.54 Å². The molecule has 66 valence electrons. The van der Waals surface area contributed by atoms with Crippen LogP contribution in [0.3, 0.4) is 0 Å². The largest absolute Gasteiger partial charge is 0.329 e. The molecule has 2 heterocycles. The third-order valence-corrected chi connectivity index (χ3v) is 2.10. The molecule has 0 atom stereocenters. The molecule has 3 nitrogen and oxygen atoms in total. The topological polar surface area (TPSA) is 33.2 Å². The first-order valence-corrected chi connectivity index (χ1v) is 4.17. The van der Waals surface area contributed by atoms with Gasteiger partial charge in [0, 0.05) is 12.7 Å². The second-order valence-corrected chi connectivity index (χ2v) is 2.97. The lowest BCUT2D eigenvalue weighted by atomic mass is 10.2. The van der Waals surface area contributed by atoms with Crippen molar-refractivity contribution in [1.29, 1.82) is 0 Å². The van der Waals surface area contributed by atoms with Gasteiger partial charge < -0.3 is 4.90 Å². The van der Waals surface area contributed by atoms with Gasteiger partial charge in [-0.25, -0.2) is 0 Å². The zero-order valence-corrected chi connectivity index (χ0v) is 7.23. The third-order valence-electron chi connectivity index (χ3n) is 2.10. The maximum Gasteiger partial charge on any atom is 0.256 e. The second kappa shape index (κ2) is 3.01. The molecule has 1 aromatic heterocycles. The smallest absolute Gasteiger partial charge is 0.256 e. The van der Waals surface area contributed by atoms with Crippen LogP contribution in [0.4, 0.5) is 0 Å². The van der Waals surface area contributed by atoms with E-state index in [0.29, 0.717) is 13.1 Å². The van der Waals surface area contributed by atoms with E-state index in [1.807, 2.05) is 6.07 Å². The number of hydrogen-bond acceptors (Lipinski definition) is 2. The minimum Gasteiger partial charge on any atom is -0.329 e. The molecule has 0 unspecified atom stereocenters. The molecule has 0 spiro atoms. The first-order valence-electron chi connectivity index (χ1n) is 4.17. The Labute approximate surface area is 76.7 Å². The van der Waals surface area contributed by atoms with E-state index < -0.39 is 0 Å². The summed E-state index contributed by atoms with van der Waals surface area (Å²) in [5, 5.41) is 0. The van der Waals surface area contributed by atoms with Crippen molar-refractivity contribution in [3.63, 3.8) is 0 Å². The Balaban J connectivity index is 2.32. The van der Waals surface area contributed by atoms with Crippen molar-refractivity contribution < 1.29 is 4.79 Å². The van der Waals surface area contributed by atoms with Crippen LogP contribution in [0.1, 0.15) is 16.1 Å². The number of rotatable bonds is 2. The Morgan fingerprint density at radius 1 is 1.69 bits per heavy atom. The SMILES string of the molecule is C=CCN1Cc2ncccc2C1=O. The van der Waals surface area contributed by atoms with Crippen LogP contribution in [0.2, 0.25) is 0 Å². The van der Waals surface area contributed by atoms with Gasteiger partial charge >= 0.3 is 0 Å². The molecular weight excluding hydrogens is 164 g/mol. The molecule has 0 aromatic carbocycles. The van der Waals surface area contributed by atoms with Gasteiger partial charge in [-0.1, -0.05) is 6.08 Å². The van der Waals surface area contributed by atoms with Gasteiger partial charge in [-0.3, -0.25) is 9.78 Å². The lowest BCUT2D eigenvalue weighted by molar-refractivity contribution is 0.0796. The van der Waals surface area contributed by atoms with E-state index in [9.17, 15) is 4.79 Å². The van der Waals surface area contributed by atoms with E-state index in [1.165, 1.54) is 0 Å². The van der Waals surface area contributed by atoms with Gasteiger partial charge in [0.2, 0.25) is 0 Å². The van der Waals surface area contributed by atoms with E-state index >= 15 is 0 Å². The van der Waals surface area contributed by atoms with E-state index in [1.54, 1.807) is 23.2 Å². The summed E-state index contributed by atoms with van der Waals surface area (Å²) in [5.41, 5.74) is 1.60. The van der Waals surface area contributed by atoms with Crippen LogP contribution in [0.25, 0.3) is 0 Å². The first kappa shape index (κ1) is 7.98. The molecular formula is C10H10N2O. The van der Waals surface area contributed by atoms with Crippen LogP contribution < -0.4 is 0 Å². The fraction of sp³-hybridized carbons (Fsp3) is 0.200. The monoisotopic (exact) mass is 174 g/mol. The molecule has 13 heavy (non-hydrogen) atoms. The highest BCUT2D eigenvalue weighted by atomic mass is 16.2. The van der Waals surface area contributed by atoms with Gasteiger partial charge in [-0.2, -0.15) is 0 Å². The summed E-state index contributed by atoms with van der Waals surface area (Å²) in [6.07, 6.45) is 3.44. The van der Waals surface area contributed by atoms with Crippen molar-refractivity contribution in [3.8, 4) is 0 Å². The maximum atomic E-state index is 11.6. The molecule has 3 heteroatoms. The molecule has 0 aliphatic carbocycles. The van der Waals surface area contributed by atoms with Crippen LogP contribution in [-0.2, 0) is 6.54 Å². The summed E-state index contributed by atoms with van der Waals surface area (Å²) in [5.74, 6) is 0.0583. The fourth-order valence-corrected chi connectivity index (χ4v) is 1.48. The van der Waals surface area contributed by atoms with Crippen LogP contribution in [0.5, 0.6) is 0 Å². The number of carbonyl (C=O) groups is 1. The van der Waals surface area contributed by atoms with Crippen LogP contribution in [0.15, 0.2) is 31.0 Å². The molecule has 0 saturated carbocycles. The van der Waals surface area contributed by atoms with E-state index in [4.69, 9.17) is 0 Å². The normalized spacial score (nSPS) is 14.5. The average molecular weight is 174 g/mol. The van der Waals surface area contributed by atoms with Gasteiger partial charge in [0.25, 0.3) is 5.91 Å². The number of amides is 1. The molecule has 1 aliphatic rings. The van der Waals surface area contributed by atoms with Crippen molar-refractivity contribution in [1.82, 2.24) is 9.88 Å². The number of fused-ring (bicyclic) bond motifs is 1. The lowest BCUT2D eigenvalue weighted by Crippen LogP contribution is -2.23. The zero-order chi connectivity index (χ0) is 9.26. The molecule has 0 saturated heterocycles. The summed E-state index contributed by atoms with van der Waals surface area (Å²) >= 11 is 0. The van der Waals surface area contributed by atoms with Gasteiger partial charge in [0.1, 0.15) is 0 Å². The quantitative estimate of drug-likeness (QED) is 0.632. The van der Waals surface area contributed by atoms with Crippen LogP contribution >= 0.6 is 0 Å². The van der Waals surface area contributed by atoms with Crippen LogP contribution in [0, 0.1) is 0 Å². The molecule has 2 rings (SSSR count). The van der Waals surface area contributed by atoms with Gasteiger partial charge in [0.05, 0.1) is 17.8 Å². The highest BCUT2D eigenvalue weighted by Gasteiger charge is 2.26. The highest BCUT2D eigenvalue weighted by Crippen LogP contribution is 2.19. The van der Waals surface area contributed by atoms with Crippen LogP contribution in [-0.4, -0.2) is 22.3 Å². The summed E-state index contributed by atoms with van der Waals surface area (Å²) in [7, 11) is 0. The van der Waals surface area contributed by atoms with E-state index in [-0.39, 0.29) is 5.91 Å². The molecule has 0 radical (unpaired) electrons. The van der Waals surface area contributed by atoms with Crippen molar-refractivity contribution in [2.75, 3.05) is 6.54 Å². The number of hydrogen-bond donors (Lipinski definition) is 0. The predicted octanol–water partition coefficient (Wildman–Crippen LogP) is 1.22. The fourth-order valence-electron chi connectivity index (χ4n) is 1.48. The predicted molar refractivity (Wildman–Crippen MR) is 49.2 cm³/mol. The molecule has 0 N–H and O–H groups in total. The van der Waals surface area contributed by atoms with E-state index in [0.717, 1.165) is 11.3 Å². The first-order chi connectivity index (χ1) is 6.33. The lowest BCUT2D eigenvalue weighted by Gasteiger charge is -2.11. The van der Waals surface area contributed by atoms with Gasteiger partial charge in [-0.05, 0) is 12.1 Å². The zero-order valence-electron chi connectivity index (χ0n) is 7.23. The summed E-state index contributed by atoms with van der Waals surface area (Å²) < 4.78 is 0. The second-order valence-electron chi connectivity index (χ2n) is 2.97. The Morgan fingerprint density at radius 3 is 3.23 bits per heavy atom. The standard InChI is InChI=1S/C10H10N2O/c1-2-6-12-7-9-8(10(12)13)4-3-5-11-9/h2-5H,1,6-7H2. The minimum atomic E-state index is 0.0583. The number of carbonyl (C=O) groups excluding carboxylic acids is 1. The Kier molecular flexibility index (Phi) is 1.85. The van der Waals surface area contributed by atoms with Crippen molar-refractivity contribution >= 4 is 5.91 Å². The Morgan fingerprint density at radius 2 is 2.54 bits per heavy atom. The number of nitrogens with zero attached hydrogens (tertiary/aromatic N) is 2. The van der Waals surface area contributed by atoms with Crippen molar-refractivity contribution in [2.24, 2.45) is 0 Å². The molecule has 1 aromatic rings. The minimum absolute atomic E-state index is 0.0583. The summed E-state index contributed by atoms with van der Waals surface area (Å²) in [6, 6.07) is 3.60. The number of aromatic nitrogens is 1. The third kappa shape index (κ3) is 1.22. The maximum absolute atomic E-state index is 11.6. The number of pyridine rings is 1. The van der Waals surface area contributed by atoms with Gasteiger partial charge in [-0.15, -0.1) is 6.58 Å². The van der Waals surface area contributed by atoms with E-state index in [2.05, 4.69) is 11.6 Å². The Hall–Kier alpha value is -1.64. The molecule has 0 bridgehead atoms. The highest BCUT2D eigenvalue weighted by molar-refractivity contribution is 5.97. The molecule has 1 aliphatic heterocycles. The summed E-state index contributed by atoms with van der Waals surface area (Å²) in [6.45, 7) is 4.81. The van der Waals surface area contributed by atoms with Gasteiger partial charge in [0.15, 0.2) is 0 Å². The Bertz CT molecular complexity index is 360. The average Bonchev–Trinajstić information content (AvgIpc) is 2.46. The van der Waals surface area contributed by atoms with Crippen molar-refractivity contribution in [3.05, 3.63) is 42.2 Å². The summed E-state index contributed by atoms with van der Waals surface area (Å²) in [4.78, 5) is 17.5.